The van der Waals surface area contributed by atoms with E-state index in [0.29, 0.717) is 17.0 Å². The summed E-state index contributed by atoms with van der Waals surface area (Å²) in [6, 6.07) is 12.3. The lowest BCUT2D eigenvalue weighted by atomic mass is 10.0. The SMILES string of the molecule is CC(=O)COc1nc(N)nc(-c2ccccc2)c1-c1ccc(=O)n(C(C)C)n1. The first kappa shape index (κ1) is 19.2. The van der Waals surface area contributed by atoms with Gasteiger partial charge >= 0.3 is 0 Å². The smallest absolute Gasteiger partial charge is 0.267 e. The Morgan fingerprint density at radius 1 is 1.14 bits per heavy atom. The van der Waals surface area contributed by atoms with Crippen molar-refractivity contribution in [1.29, 1.82) is 0 Å². The molecule has 2 heterocycles. The van der Waals surface area contributed by atoms with Crippen molar-refractivity contribution in [2.45, 2.75) is 26.8 Å². The zero-order valence-corrected chi connectivity index (χ0v) is 15.9. The van der Waals surface area contributed by atoms with E-state index in [0.717, 1.165) is 5.56 Å². The summed E-state index contributed by atoms with van der Waals surface area (Å²) in [6.45, 7) is 4.98. The van der Waals surface area contributed by atoms with E-state index >= 15 is 0 Å². The molecule has 0 spiro atoms. The number of ether oxygens (including phenoxy) is 1. The zero-order chi connectivity index (χ0) is 20.3. The standard InChI is InChI=1S/C20H21N5O3/c1-12(2)25-16(27)10-9-15(24-25)17-18(14-7-5-4-6-8-14)22-20(21)23-19(17)28-11-13(3)26/h4-10,12H,11H2,1-3H3,(H2,21,22,23). The normalized spacial score (nSPS) is 10.9. The van der Waals surface area contributed by atoms with Gasteiger partial charge in [-0.25, -0.2) is 9.67 Å². The van der Waals surface area contributed by atoms with Crippen LogP contribution < -0.4 is 16.0 Å². The van der Waals surface area contributed by atoms with Gasteiger partial charge in [0.25, 0.3) is 5.56 Å². The lowest BCUT2D eigenvalue weighted by Crippen LogP contribution is -2.24. The Bertz CT molecular complexity index is 1060. The van der Waals surface area contributed by atoms with Gasteiger partial charge in [0.05, 0.1) is 23.0 Å². The number of benzene rings is 1. The summed E-state index contributed by atoms with van der Waals surface area (Å²) < 4.78 is 6.99. The van der Waals surface area contributed by atoms with E-state index in [9.17, 15) is 9.59 Å². The van der Waals surface area contributed by atoms with E-state index in [1.165, 1.54) is 17.7 Å². The molecular formula is C20H21N5O3. The van der Waals surface area contributed by atoms with E-state index in [4.69, 9.17) is 10.5 Å². The number of Topliss-reactive ketones (excluding diaryl/α,β-unsaturated/α-hetero) is 1. The van der Waals surface area contributed by atoms with Crippen LogP contribution in [0, 0.1) is 0 Å². The first-order valence-corrected chi connectivity index (χ1v) is 8.82. The van der Waals surface area contributed by atoms with Crippen LogP contribution in [0.3, 0.4) is 0 Å². The largest absolute Gasteiger partial charge is 0.469 e. The van der Waals surface area contributed by atoms with Gasteiger partial charge in [0.15, 0.2) is 5.78 Å². The molecule has 1 aromatic carbocycles. The van der Waals surface area contributed by atoms with E-state index in [2.05, 4.69) is 15.1 Å². The number of hydrogen-bond donors (Lipinski definition) is 1. The molecule has 0 aliphatic rings. The molecule has 0 radical (unpaired) electrons. The summed E-state index contributed by atoms with van der Waals surface area (Å²) in [4.78, 5) is 32.1. The number of ketones is 1. The number of nitrogens with two attached hydrogens (primary N) is 1. The topological polar surface area (TPSA) is 113 Å². The Morgan fingerprint density at radius 2 is 1.86 bits per heavy atom. The fourth-order valence-electron chi connectivity index (χ4n) is 2.70. The molecule has 0 amide bonds. The molecule has 3 rings (SSSR count). The van der Waals surface area contributed by atoms with Gasteiger partial charge < -0.3 is 10.5 Å². The minimum atomic E-state index is -0.220. The van der Waals surface area contributed by atoms with Gasteiger partial charge in [-0.15, -0.1) is 0 Å². The third-order valence-corrected chi connectivity index (χ3v) is 3.92. The highest BCUT2D eigenvalue weighted by Gasteiger charge is 2.21. The van der Waals surface area contributed by atoms with E-state index < -0.39 is 0 Å². The van der Waals surface area contributed by atoms with Gasteiger partial charge in [-0.1, -0.05) is 30.3 Å². The second kappa shape index (κ2) is 7.99. The third-order valence-electron chi connectivity index (χ3n) is 3.92. The van der Waals surface area contributed by atoms with Crippen LogP contribution in [0.15, 0.2) is 47.3 Å². The first-order chi connectivity index (χ1) is 13.4. The highest BCUT2D eigenvalue weighted by molar-refractivity contribution is 5.83. The van der Waals surface area contributed by atoms with Crippen molar-refractivity contribution in [3.8, 4) is 28.4 Å². The van der Waals surface area contributed by atoms with Gasteiger partial charge in [-0.3, -0.25) is 9.59 Å². The maximum atomic E-state index is 12.1. The van der Waals surface area contributed by atoms with E-state index in [-0.39, 0.29) is 35.8 Å². The van der Waals surface area contributed by atoms with Crippen LogP contribution in [0.2, 0.25) is 0 Å². The quantitative estimate of drug-likeness (QED) is 0.700. The average molecular weight is 379 g/mol. The molecule has 8 nitrogen and oxygen atoms in total. The molecule has 2 N–H and O–H groups in total. The molecule has 144 valence electrons. The van der Waals surface area contributed by atoms with Crippen LogP contribution in [0.5, 0.6) is 5.88 Å². The van der Waals surface area contributed by atoms with Gasteiger partial charge in [0, 0.05) is 11.6 Å². The molecule has 0 atom stereocenters. The van der Waals surface area contributed by atoms with Crippen LogP contribution in [-0.4, -0.2) is 32.1 Å². The monoisotopic (exact) mass is 379 g/mol. The molecule has 0 aliphatic carbocycles. The fraction of sp³-hybridized carbons (Fsp3) is 0.250. The first-order valence-electron chi connectivity index (χ1n) is 8.82. The summed E-state index contributed by atoms with van der Waals surface area (Å²) in [5.41, 5.74) is 7.88. The van der Waals surface area contributed by atoms with Crippen LogP contribution in [-0.2, 0) is 4.79 Å². The number of nitrogens with zero attached hydrogens (tertiary/aromatic N) is 4. The van der Waals surface area contributed by atoms with Crippen molar-refractivity contribution >= 4 is 11.7 Å². The number of rotatable bonds is 6. The Labute approximate surface area is 162 Å². The lowest BCUT2D eigenvalue weighted by Gasteiger charge is -2.16. The van der Waals surface area contributed by atoms with Crippen molar-refractivity contribution in [3.63, 3.8) is 0 Å². The highest BCUT2D eigenvalue weighted by Crippen LogP contribution is 2.36. The van der Waals surface area contributed by atoms with Crippen molar-refractivity contribution in [3.05, 3.63) is 52.8 Å². The molecule has 0 bridgehead atoms. The molecule has 2 aromatic heterocycles. The lowest BCUT2D eigenvalue weighted by molar-refractivity contribution is -0.118. The number of aromatic nitrogens is 4. The Kier molecular flexibility index (Phi) is 5.49. The number of anilines is 1. The molecule has 3 aromatic rings. The van der Waals surface area contributed by atoms with Crippen LogP contribution in [0.1, 0.15) is 26.8 Å². The predicted octanol–water partition coefficient (Wildman–Crippen LogP) is 2.50. The number of hydrogen-bond acceptors (Lipinski definition) is 7. The van der Waals surface area contributed by atoms with Gasteiger partial charge in [0.1, 0.15) is 6.61 Å². The van der Waals surface area contributed by atoms with Crippen molar-refractivity contribution < 1.29 is 9.53 Å². The molecule has 8 heteroatoms. The summed E-state index contributed by atoms with van der Waals surface area (Å²) in [5.74, 6) is -0.00847. The summed E-state index contributed by atoms with van der Waals surface area (Å²) in [7, 11) is 0. The Hall–Kier alpha value is -3.55. The number of nitrogen functional groups attached to an aromatic ring is 1. The third kappa shape index (κ3) is 4.06. The van der Waals surface area contributed by atoms with Crippen molar-refractivity contribution in [2.75, 3.05) is 12.3 Å². The van der Waals surface area contributed by atoms with Gasteiger partial charge in [-0.05, 0) is 26.8 Å². The van der Waals surface area contributed by atoms with Crippen molar-refractivity contribution in [2.24, 2.45) is 0 Å². The number of carbonyl (C=O) groups excluding carboxylic acids is 1. The summed E-state index contributed by atoms with van der Waals surface area (Å²) in [5, 5.41) is 4.46. The molecule has 0 aliphatic heterocycles. The molecular weight excluding hydrogens is 358 g/mol. The van der Waals surface area contributed by atoms with Crippen molar-refractivity contribution in [1.82, 2.24) is 19.7 Å². The molecule has 0 saturated carbocycles. The van der Waals surface area contributed by atoms with Crippen LogP contribution >= 0.6 is 0 Å². The second-order valence-corrected chi connectivity index (χ2v) is 6.56. The predicted molar refractivity (Wildman–Crippen MR) is 106 cm³/mol. The molecule has 0 saturated heterocycles. The minimum Gasteiger partial charge on any atom is -0.469 e. The average Bonchev–Trinajstić information content (AvgIpc) is 2.67. The second-order valence-electron chi connectivity index (χ2n) is 6.56. The van der Waals surface area contributed by atoms with Crippen LogP contribution in [0.4, 0.5) is 5.95 Å². The minimum absolute atomic E-state index is 0.0123. The fourth-order valence-corrected chi connectivity index (χ4v) is 2.70. The summed E-state index contributed by atoms with van der Waals surface area (Å²) >= 11 is 0. The molecule has 28 heavy (non-hydrogen) atoms. The maximum absolute atomic E-state index is 12.1. The molecule has 0 fully saturated rings. The van der Waals surface area contributed by atoms with E-state index in [1.54, 1.807) is 6.07 Å². The van der Waals surface area contributed by atoms with Crippen LogP contribution in [0.25, 0.3) is 22.5 Å². The molecule has 0 unspecified atom stereocenters. The Balaban J connectivity index is 2.29. The van der Waals surface area contributed by atoms with Gasteiger partial charge in [-0.2, -0.15) is 10.1 Å². The number of carbonyl (C=O) groups is 1. The highest BCUT2D eigenvalue weighted by atomic mass is 16.5. The Morgan fingerprint density at radius 3 is 2.50 bits per heavy atom. The van der Waals surface area contributed by atoms with Gasteiger partial charge in [0.2, 0.25) is 11.8 Å². The maximum Gasteiger partial charge on any atom is 0.267 e. The summed E-state index contributed by atoms with van der Waals surface area (Å²) in [6.07, 6.45) is 0. The zero-order valence-electron chi connectivity index (χ0n) is 15.9. The van der Waals surface area contributed by atoms with E-state index in [1.807, 2.05) is 44.2 Å².